The van der Waals surface area contributed by atoms with Crippen LogP contribution in [0, 0.1) is 13.8 Å². The van der Waals surface area contributed by atoms with Gasteiger partial charge >= 0.3 is 0 Å². The summed E-state index contributed by atoms with van der Waals surface area (Å²) in [6.07, 6.45) is 8.63. The van der Waals surface area contributed by atoms with Crippen LogP contribution in [0.2, 0.25) is 0 Å². The van der Waals surface area contributed by atoms with E-state index in [4.69, 9.17) is 0 Å². The van der Waals surface area contributed by atoms with Gasteiger partial charge in [0.15, 0.2) is 0 Å². The lowest BCUT2D eigenvalue weighted by Crippen LogP contribution is -2.26. The van der Waals surface area contributed by atoms with Crippen LogP contribution < -0.4 is 0 Å². The summed E-state index contributed by atoms with van der Waals surface area (Å²) in [6, 6.07) is 21.4. The van der Waals surface area contributed by atoms with Gasteiger partial charge in [-0.3, -0.25) is 9.88 Å². The Morgan fingerprint density at radius 3 is 2.37 bits per heavy atom. The maximum atomic E-state index is 4.51. The van der Waals surface area contributed by atoms with Gasteiger partial charge < -0.3 is 0 Å². The first kappa shape index (κ1) is 20.0. The van der Waals surface area contributed by atoms with Crippen LogP contribution in [0.15, 0.2) is 85.5 Å². The molecule has 0 unspecified atom stereocenters. The Bertz CT molecular complexity index is 1060. The van der Waals surface area contributed by atoms with Gasteiger partial charge in [-0.05, 0) is 60.7 Å². The molecule has 0 radical (unpaired) electrons. The Labute approximate surface area is 178 Å². The van der Waals surface area contributed by atoms with Crippen LogP contribution in [0.3, 0.4) is 0 Å². The van der Waals surface area contributed by atoms with E-state index in [1.807, 2.05) is 35.5 Å². The molecule has 4 aromatic rings. The molecular formula is C26H28N4. The zero-order chi connectivity index (χ0) is 20.8. The number of nitrogens with zero attached hydrogens (tertiary/aromatic N) is 4. The Morgan fingerprint density at radius 1 is 0.833 bits per heavy atom. The van der Waals surface area contributed by atoms with E-state index in [1.165, 1.54) is 33.5 Å². The average Bonchev–Trinajstić information content (AvgIpc) is 3.27. The van der Waals surface area contributed by atoms with Crippen LogP contribution in [-0.2, 0) is 19.5 Å². The van der Waals surface area contributed by atoms with Crippen molar-refractivity contribution in [1.29, 1.82) is 0 Å². The lowest BCUT2D eigenvalue weighted by atomic mass is 10.0. The third kappa shape index (κ3) is 5.02. The molecule has 0 saturated carbocycles. The largest absolute Gasteiger partial charge is 0.294 e. The van der Waals surface area contributed by atoms with Gasteiger partial charge in [0.1, 0.15) is 0 Å². The van der Waals surface area contributed by atoms with E-state index in [1.54, 1.807) is 0 Å². The van der Waals surface area contributed by atoms with Crippen LogP contribution in [-0.4, -0.2) is 26.2 Å². The minimum absolute atomic E-state index is 0.868. The van der Waals surface area contributed by atoms with Crippen LogP contribution >= 0.6 is 0 Å². The summed E-state index contributed by atoms with van der Waals surface area (Å²) in [5.41, 5.74) is 7.67. The predicted octanol–water partition coefficient (Wildman–Crippen LogP) is 5.13. The van der Waals surface area contributed by atoms with E-state index in [0.29, 0.717) is 0 Å². The first-order valence-corrected chi connectivity index (χ1v) is 10.4. The third-order valence-corrected chi connectivity index (χ3v) is 5.37. The standard InChI is InChI=1S/C26H28N4/c1-21-17-22(2)26(30-15-6-12-28-30)25(18-21)20-29(19-24-9-13-27-14-10-24)16-11-23-7-4-3-5-8-23/h3-10,12-15,17-18H,11,16,19-20H2,1-2H3. The third-order valence-electron chi connectivity index (χ3n) is 5.37. The highest BCUT2D eigenvalue weighted by Crippen LogP contribution is 2.23. The lowest BCUT2D eigenvalue weighted by Gasteiger charge is -2.25. The highest BCUT2D eigenvalue weighted by atomic mass is 15.3. The number of rotatable bonds is 8. The van der Waals surface area contributed by atoms with Crippen LogP contribution in [0.4, 0.5) is 0 Å². The summed E-state index contributed by atoms with van der Waals surface area (Å²) in [4.78, 5) is 6.69. The van der Waals surface area contributed by atoms with Crippen molar-refractivity contribution in [1.82, 2.24) is 19.7 Å². The maximum Gasteiger partial charge on any atom is 0.0719 e. The van der Waals surface area contributed by atoms with E-state index in [0.717, 1.165) is 26.1 Å². The van der Waals surface area contributed by atoms with Crippen molar-refractivity contribution in [3.05, 3.63) is 113 Å². The Kier molecular flexibility index (Phi) is 6.35. The number of hydrogen-bond donors (Lipinski definition) is 0. The van der Waals surface area contributed by atoms with E-state index in [-0.39, 0.29) is 0 Å². The van der Waals surface area contributed by atoms with Gasteiger partial charge in [-0.2, -0.15) is 5.10 Å². The molecule has 2 aromatic heterocycles. The first-order valence-electron chi connectivity index (χ1n) is 10.4. The van der Waals surface area contributed by atoms with Crippen molar-refractivity contribution in [3.63, 3.8) is 0 Å². The van der Waals surface area contributed by atoms with Gasteiger partial charge in [0.2, 0.25) is 0 Å². The molecule has 0 N–H and O–H groups in total. The smallest absolute Gasteiger partial charge is 0.0719 e. The molecule has 0 spiro atoms. The van der Waals surface area contributed by atoms with E-state index < -0.39 is 0 Å². The van der Waals surface area contributed by atoms with Crippen LogP contribution in [0.5, 0.6) is 0 Å². The summed E-state index contributed by atoms with van der Waals surface area (Å²) in [6.45, 7) is 7.08. The van der Waals surface area contributed by atoms with Gasteiger partial charge in [-0.15, -0.1) is 0 Å². The second-order valence-corrected chi connectivity index (χ2v) is 7.84. The van der Waals surface area contributed by atoms with Crippen molar-refractivity contribution in [2.45, 2.75) is 33.4 Å². The lowest BCUT2D eigenvalue weighted by molar-refractivity contribution is 0.259. The molecular weight excluding hydrogens is 368 g/mol. The summed E-state index contributed by atoms with van der Waals surface area (Å²) in [5.74, 6) is 0. The molecule has 4 heteroatoms. The maximum absolute atomic E-state index is 4.51. The van der Waals surface area contributed by atoms with Crippen molar-refractivity contribution >= 4 is 0 Å². The normalized spacial score (nSPS) is 11.2. The van der Waals surface area contributed by atoms with Crippen LogP contribution in [0.1, 0.15) is 27.8 Å². The summed E-state index contributed by atoms with van der Waals surface area (Å²) < 4.78 is 1.99. The zero-order valence-electron chi connectivity index (χ0n) is 17.7. The average molecular weight is 397 g/mol. The fourth-order valence-electron chi connectivity index (χ4n) is 4.03. The molecule has 152 valence electrons. The molecule has 30 heavy (non-hydrogen) atoms. The van der Waals surface area contributed by atoms with Crippen LogP contribution in [0.25, 0.3) is 5.69 Å². The Hall–Kier alpha value is -3.24. The number of aryl methyl sites for hydroxylation is 2. The SMILES string of the molecule is Cc1cc(C)c(-n2cccn2)c(CN(CCc2ccccc2)Cc2ccncc2)c1. The van der Waals surface area contributed by atoms with Gasteiger partial charge in [-0.1, -0.05) is 48.0 Å². The molecule has 2 aromatic carbocycles. The summed E-state index contributed by atoms with van der Waals surface area (Å²) >= 11 is 0. The molecule has 2 heterocycles. The second-order valence-electron chi connectivity index (χ2n) is 7.84. The Morgan fingerprint density at radius 2 is 1.63 bits per heavy atom. The van der Waals surface area contributed by atoms with Gasteiger partial charge in [-0.25, -0.2) is 4.68 Å². The molecule has 0 aliphatic rings. The fourth-order valence-corrected chi connectivity index (χ4v) is 4.03. The molecule has 0 atom stereocenters. The minimum Gasteiger partial charge on any atom is -0.294 e. The molecule has 0 bridgehead atoms. The van der Waals surface area contributed by atoms with E-state index in [2.05, 4.69) is 83.4 Å². The zero-order valence-corrected chi connectivity index (χ0v) is 17.7. The highest BCUT2D eigenvalue weighted by molar-refractivity contribution is 5.49. The number of benzene rings is 2. The van der Waals surface area contributed by atoms with E-state index in [9.17, 15) is 0 Å². The molecule has 4 rings (SSSR count). The van der Waals surface area contributed by atoms with Crippen molar-refractivity contribution < 1.29 is 0 Å². The topological polar surface area (TPSA) is 34.0 Å². The molecule has 0 fully saturated rings. The molecule has 0 saturated heterocycles. The minimum atomic E-state index is 0.868. The number of hydrogen-bond acceptors (Lipinski definition) is 3. The van der Waals surface area contributed by atoms with E-state index >= 15 is 0 Å². The number of aromatic nitrogens is 3. The molecule has 4 nitrogen and oxygen atoms in total. The van der Waals surface area contributed by atoms with Crippen molar-refractivity contribution in [3.8, 4) is 5.69 Å². The highest BCUT2D eigenvalue weighted by Gasteiger charge is 2.14. The first-order chi connectivity index (χ1) is 14.7. The fraction of sp³-hybridized carbons (Fsp3) is 0.231. The summed E-state index contributed by atoms with van der Waals surface area (Å²) in [5, 5.41) is 4.51. The molecule has 0 amide bonds. The second kappa shape index (κ2) is 9.51. The number of pyridine rings is 1. The molecule has 0 aliphatic heterocycles. The van der Waals surface area contributed by atoms with Crippen molar-refractivity contribution in [2.75, 3.05) is 6.54 Å². The van der Waals surface area contributed by atoms with Gasteiger partial charge in [0.05, 0.1) is 5.69 Å². The van der Waals surface area contributed by atoms with Crippen molar-refractivity contribution in [2.24, 2.45) is 0 Å². The monoisotopic (exact) mass is 396 g/mol. The summed E-state index contributed by atoms with van der Waals surface area (Å²) in [7, 11) is 0. The quantitative estimate of drug-likeness (QED) is 0.414. The molecule has 0 aliphatic carbocycles. The van der Waals surface area contributed by atoms with Gasteiger partial charge in [0.25, 0.3) is 0 Å². The van der Waals surface area contributed by atoms with Gasteiger partial charge in [0, 0.05) is 44.4 Å². The Balaban J connectivity index is 1.62. The predicted molar refractivity (Wildman–Crippen MR) is 122 cm³/mol.